The molecule has 3 rings (SSSR count). The maximum absolute atomic E-state index is 13.4. The zero-order valence-electron chi connectivity index (χ0n) is 17.6. The molecule has 2 unspecified atom stereocenters. The summed E-state index contributed by atoms with van der Waals surface area (Å²) >= 11 is 0. The van der Waals surface area contributed by atoms with Crippen molar-refractivity contribution < 1.29 is 9.18 Å². The summed E-state index contributed by atoms with van der Waals surface area (Å²) in [5, 5.41) is 3.41. The van der Waals surface area contributed by atoms with Gasteiger partial charge >= 0.3 is 0 Å². The van der Waals surface area contributed by atoms with Crippen molar-refractivity contribution in [1.29, 1.82) is 0 Å². The summed E-state index contributed by atoms with van der Waals surface area (Å²) in [5.41, 5.74) is 7.64. The Balaban J connectivity index is 0.00000300. The molecule has 1 aromatic carbocycles. The Bertz CT molecular complexity index is 647. The Morgan fingerprint density at radius 1 is 1.21 bits per heavy atom. The highest BCUT2D eigenvalue weighted by Gasteiger charge is 2.27. The first kappa shape index (κ1) is 24.1. The number of piperidine rings is 1. The molecule has 2 heterocycles. The fraction of sp³-hybridized carbons (Fsp3) is 0.682. The number of amides is 1. The SMILES string of the molecule is C[C@H]1C[C@@H](C(=O)N(C)CCCCCC2CC(c3cccc(F)c3)NN2)CCN1.Cl. The predicted octanol–water partition coefficient (Wildman–Crippen LogP) is 3.56. The van der Waals surface area contributed by atoms with Crippen LogP contribution < -0.4 is 16.2 Å². The van der Waals surface area contributed by atoms with E-state index in [0.29, 0.717) is 18.0 Å². The van der Waals surface area contributed by atoms with Crippen LogP contribution in [0.3, 0.4) is 0 Å². The lowest BCUT2D eigenvalue weighted by atomic mass is 9.92. The Kier molecular flexibility index (Phi) is 9.83. The second-order valence-electron chi connectivity index (χ2n) is 8.51. The quantitative estimate of drug-likeness (QED) is 0.556. The Labute approximate surface area is 180 Å². The Morgan fingerprint density at radius 3 is 2.79 bits per heavy atom. The molecule has 0 aromatic heterocycles. The average molecular weight is 427 g/mol. The van der Waals surface area contributed by atoms with Crippen molar-refractivity contribution in [1.82, 2.24) is 21.1 Å². The maximum Gasteiger partial charge on any atom is 0.225 e. The predicted molar refractivity (Wildman–Crippen MR) is 117 cm³/mol. The van der Waals surface area contributed by atoms with E-state index in [1.54, 1.807) is 12.1 Å². The second kappa shape index (κ2) is 11.8. The fourth-order valence-corrected chi connectivity index (χ4v) is 4.45. The number of halogens is 2. The van der Waals surface area contributed by atoms with Gasteiger partial charge in [-0.1, -0.05) is 25.0 Å². The van der Waals surface area contributed by atoms with E-state index in [1.807, 2.05) is 18.0 Å². The molecule has 2 aliphatic rings. The molecule has 2 aliphatic heterocycles. The number of carbonyl (C=O) groups is 1. The molecule has 0 saturated carbocycles. The van der Waals surface area contributed by atoms with Crippen LogP contribution in [-0.4, -0.2) is 43.0 Å². The normalized spacial score (nSPS) is 26.7. The van der Waals surface area contributed by atoms with Crippen LogP contribution >= 0.6 is 12.4 Å². The van der Waals surface area contributed by atoms with Crippen LogP contribution in [0.2, 0.25) is 0 Å². The van der Waals surface area contributed by atoms with E-state index in [2.05, 4.69) is 23.1 Å². The highest BCUT2D eigenvalue weighted by atomic mass is 35.5. The van der Waals surface area contributed by atoms with Gasteiger partial charge in [-0.25, -0.2) is 4.39 Å². The summed E-state index contributed by atoms with van der Waals surface area (Å²) in [6.07, 6.45) is 7.31. The number of hydrogen-bond donors (Lipinski definition) is 3. The zero-order chi connectivity index (χ0) is 19.9. The lowest BCUT2D eigenvalue weighted by Crippen LogP contribution is -2.43. The number of hydrazine groups is 1. The van der Waals surface area contributed by atoms with Gasteiger partial charge in [0, 0.05) is 37.6 Å². The van der Waals surface area contributed by atoms with Crippen LogP contribution in [0.25, 0.3) is 0 Å². The van der Waals surface area contributed by atoms with Gasteiger partial charge in [-0.15, -0.1) is 12.4 Å². The number of rotatable bonds is 8. The monoisotopic (exact) mass is 426 g/mol. The van der Waals surface area contributed by atoms with Crippen LogP contribution in [0.15, 0.2) is 24.3 Å². The van der Waals surface area contributed by atoms with E-state index in [9.17, 15) is 9.18 Å². The number of unbranched alkanes of at least 4 members (excludes halogenated alkanes) is 2. The standard InChI is InChI=1S/C22H35FN4O.ClH/c1-16-13-18(10-11-24-16)22(28)27(2)12-5-3-4-9-20-15-21(26-25-20)17-7-6-8-19(23)14-17;/h6-8,14,16,18,20-21,24-26H,3-5,9-13,15H2,1-2H3;1H/t16-,18-,20?,21?;/m0./s1. The van der Waals surface area contributed by atoms with E-state index in [-0.39, 0.29) is 30.2 Å². The number of carbonyl (C=O) groups excluding carboxylic acids is 1. The van der Waals surface area contributed by atoms with Crippen molar-refractivity contribution in [2.75, 3.05) is 20.1 Å². The summed E-state index contributed by atoms with van der Waals surface area (Å²) in [4.78, 5) is 14.5. The minimum atomic E-state index is -0.180. The average Bonchev–Trinajstić information content (AvgIpc) is 3.16. The van der Waals surface area contributed by atoms with Gasteiger partial charge in [0.2, 0.25) is 5.91 Å². The van der Waals surface area contributed by atoms with Gasteiger partial charge in [-0.3, -0.25) is 15.6 Å². The molecule has 2 fully saturated rings. The molecule has 0 spiro atoms. The molecule has 4 atom stereocenters. The number of hydrogen-bond acceptors (Lipinski definition) is 4. The van der Waals surface area contributed by atoms with Gasteiger partial charge in [0.05, 0.1) is 0 Å². The fourth-order valence-electron chi connectivity index (χ4n) is 4.45. The molecule has 164 valence electrons. The number of nitrogens with one attached hydrogen (secondary N) is 3. The largest absolute Gasteiger partial charge is 0.346 e. The first-order valence-corrected chi connectivity index (χ1v) is 10.8. The van der Waals surface area contributed by atoms with Gasteiger partial charge in [-0.2, -0.15) is 0 Å². The molecule has 3 N–H and O–H groups in total. The molecule has 1 aromatic rings. The Morgan fingerprint density at radius 2 is 2.03 bits per heavy atom. The molecule has 0 radical (unpaired) electrons. The van der Waals surface area contributed by atoms with Crippen LogP contribution in [0.1, 0.15) is 63.5 Å². The van der Waals surface area contributed by atoms with Crippen molar-refractivity contribution in [3.05, 3.63) is 35.6 Å². The van der Waals surface area contributed by atoms with E-state index in [4.69, 9.17) is 0 Å². The number of nitrogens with zero attached hydrogens (tertiary/aromatic N) is 1. The molecular weight excluding hydrogens is 391 g/mol. The highest BCUT2D eigenvalue weighted by Crippen LogP contribution is 2.25. The summed E-state index contributed by atoms with van der Waals surface area (Å²) in [5.74, 6) is 0.322. The van der Waals surface area contributed by atoms with Gasteiger partial charge in [0.15, 0.2) is 0 Å². The first-order chi connectivity index (χ1) is 13.5. The number of benzene rings is 1. The van der Waals surface area contributed by atoms with Gasteiger partial charge < -0.3 is 10.2 Å². The van der Waals surface area contributed by atoms with E-state index >= 15 is 0 Å². The highest BCUT2D eigenvalue weighted by molar-refractivity contribution is 5.85. The second-order valence-corrected chi connectivity index (χ2v) is 8.51. The third-order valence-corrected chi connectivity index (χ3v) is 6.13. The maximum atomic E-state index is 13.4. The molecule has 2 saturated heterocycles. The molecule has 0 bridgehead atoms. The lowest BCUT2D eigenvalue weighted by molar-refractivity contribution is -0.135. The molecule has 5 nitrogen and oxygen atoms in total. The molecule has 7 heteroatoms. The third kappa shape index (κ3) is 7.21. The third-order valence-electron chi connectivity index (χ3n) is 6.13. The summed E-state index contributed by atoms with van der Waals surface area (Å²) in [6, 6.07) is 7.87. The zero-order valence-corrected chi connectivity index (χ0v) is 18.4. The van der Waals surface area contributed by atoms with E-state index < -0.39 is 0 Å². The summed E-state index contributed by atoms with van der Waals surface area (Å²) in [7, 11) is 1.95. The summed E-state index contributed by atoms with van der Waals surface area (Å²) in [6.45, 7) is 3.95. The van der Waals surface area contributed by atoms with Crippen molar-refractivity contribution in [2.24, 2.45) is 5.92 Å². The van der Waals surface area contributed by atoms with Crippen molar-refractivity contribution in [3.63, 3.8) is 0 Å². The lowest BCUT2D eigenvalue weighted by Gasteiger charge is -2.30. The van der Waals surface area contributed by atoms with Crippen LogP contribution in [0, 0.1) is 11.7 Å². The van der Waals surface area contributed by atoms with Gasteiger partial charge in [0.1, 0.15) is 5.82 Å². The topological polar surface area (TPSA) is 56.4 Å². The van der Waals surface area contributed by atoms with Crippen molar-refractivity contribution in [3.8, 4) is 0 Å². The van der Waals surface area contributed by atoms with Crippen LogP contribution in [0.4, 0.5) is 4.39 Å². The van der Waals surface area contributed by atoms with Crippen molar-refractivity contribution >= 4 is 18.3 Å². The van der Waals surface area contributed by atoms with E-state index in [1.165, 1.54) is 6.07 Å². The van der Waals surface area contributed by atoms with Gasteiger partial charge in [0.25, 0.3) is 0 Å². The molecule has 0 aliphatic carbocycles. The van der Waals surface area contributed by atoms with Gasteiger partial charge in [-0.05, 0) is 63.3 Å². The van der Waals surface area contributed by atoms with Crippen LogP contribution in [0.5, 0.6) is 0 Å². The summed E-state index contributed by atoms with van der Waals surface area (Å²) < 4.78 is 13.4. The van der Waals surface area contributed by atoms with E-state index in [0.717, 1.165) is 63.6 Å². The first-order valence-electron chi connectivity index (χ1n) is 10.8. The van der Waals surface area contributed by atoms with Crippen LogP contribution in [-0.2, 0) is 4.79 Å². The van der Waals surface area contributed by atoms with Crippen molar-refractivity contribution in [2.45, 2.75) is 70.0 Å². The minimum absolute atomic E-state index is 0. The molecule has 1 amide bonds. The smallest absolute Gasteiger partial charge is 0.225 e. The molecule has 29 heavy (non-hydrogen) atoms. The molecular formula is C22H36ClFN4O. The minimum Gasteiger partial charge on any atom is -0.346 e. The Hall–Kier alpha value is -1.21.